The van der Waals surface area contributed by atoms with Crippen LogP contribution in [0.2, 0.25) is 0 Å². The number of urea groups is 1. The predicted molar refractivity (Wildman–Crippen MR) is 82.9 cm³/mol. The Labute approximate surface area is 124 Å². The summed E-state index contributed by atoms with van der Waals surface area (Å²) in [5, 5.41) is 6.86. The van der Waals surface area contributed by atoms with E-state index in [2.05, 4.69) is 31.5 Å². The highest BCUT2D eigenvalue weighted by Crippen LogP contribution is 2.27. The molecule has 2 N–H and O–H groups in total. The third-order valence-corrected chi connectivity index (χ3v) is 3.92. The number of rotatable bonds is 4. The standard InChI is InChI=1S/C12H15BrN4OS/c1-17(2)12(18)15-6-5-14-11-16-9-7-8(13)3-4-10(9)19-11/h3-4,7H,5-6H2,1-2H3,(H,14,16)(H,15,18). The molecule has 102 valence electrons. The van der Waals surface area contributed by atoms with Crippen LogP contribution in [-0.2, 0) is 0 Å². The van der Waals surface area contributed by atoms with Crippen molar-refractivity contribution in [3.05, 3.63) is 22.7 Å². The molecular formula is C12H15BrN4OS. The van der Waals surface area contributed by atoms with Gasteiger partial charge >= 0.3 is 6.03 Å². The molecule has 0 atom stereocenters. The van der Waals surface area contributed by atoms with Gasteiger partial charge in [-0.3, -0.25) is 0 Å². The number of aromatic nitrogens is 1. The summed E-state index contributed by atoms with van der Waals surface area (Å²) in [6.07, 6.45) is 0. The van der Waals surface area contributed by atoms with E-state index >= 15 is 0 Å². The molecule has 1 heterocycles. The van der Waals surface area contributed by atoms with Gasteiger partial charge in [0.2, 0.25) is 0 Å². The van der Waals surface area contributed by atoms with Crippen LogP contribution >= 0.6 is 27.3 Å². The van der Waals surface area contributed by atoms with Gasteiger partial charge in [0.1, 0.15) is 0 Å². The van der Waals surface area contributed by atoms with Crippen LogP contribution in [0.15, 0.2) is 22.7 Å². The fourth-order valence-corrected chi connectivity index (χ4v) is 2.69. The third-order valence-electron chi connectivity index (χ3n) is 2.43. The number of carbonyl (C=O) groups excluding carboxylic acids is 1. The largest absolute Gasteiger partial charge is 0.360 e. The van der Waals surface area contributed by atoms with Crippen molar-refractivity contribution in [1.82, 2.24) is 15.2 Å². The molecule has 0 unspecified atom stereocenters. The highest BCUT2D eigenvalue weighted by Gasteiger charge is 2.04. The predicted octanol–water partition coefficient (Wildman–Crippen LogP) is 2.74. The van der Waals surface area contributed by atoms with Gasteiger partial charge < -0.3 is 15.5 Å². The smallest absolute Gasteiger partial charge is 0.316 e. The minimum atomic E-state index is -0.0879. The van der Waals surface area contributed by atoms with Crippen molar-refractivity contribution in [1.29, 1.82) is 0 Å². The molecule has 1 aromatic carbocycles. The number of fused-ring (bicyclic) bond motifs is 1. The molecule has 0 radical (unpaired) electrons. The average molecular weight is 343 g/mol. The topological polar surface area (TPSA) is 57.3 Å². The zero-order valence-electron chi connectivity index (χ0n) is 10.7. The van der Waals surface area contributed by atoms with Crippen LogP contribution < -0.4 is 10.6 Å². The van der Waals surface area contributed by atoms with E-state index in [0.717, 1.165) is 19.8 Å². The van der Waals surface area contributed by atoms with E-state index in [9.17, 15) is 4.79 Å². The Kier molecular flexibility index (Phi) is 4.60. The number of hydrogen-bond donors (Lipinski definition) is 2. The van der Waals surface area contributed by atoms with Crippen LogP contribution in [0.25, 0.3) is 10.2 Å². The normalized spacial score (nSPS) is 10.5. The number of halogens is 1. The number of amides is 2. The summed E-state index contributed by atoms with van der Waals surface area (Å²) in [6, 6.07) is 5.94. The molecule has 7 heteroatoms. The van der Waals surface area contributed by atoms with E-state index in [0.29, 0.717) is 13.1 Å². The monoisotopic (exact) mass is 342 g/mol. The minimum Gasteiger partial charge on any atom is -0.360 e. The van der Waals surface area contributed by atoms with Gasteiger partial charge in [0.05, 0.1) is 10.2 Å². The van der Waals surface area contributed by atoms with E-state index in [4.69, 9.17) is 0 Å². The summed E-state index contributed by atoms with van der Waals surface area (Å²) in [7, 11) is 3.43. The Bertz CT molecular complexity index is 584. The second-order valence-corrected chi connectivity index (χ2v) is 6.13. The molecule has 0 aliphatic heterocycles. The summed E-state index contributed by atoms with van der Waals surface area (Å²) in [5.74, 6) is 0. The summed E-state index contributed by atoms with van der Waals surface area (Å²) >= 11 is 5.03. The van der Waals surface area contributed by atoms with Gasteiger partial charge in [-0.05, 0) is 18.2 Å². The Morgan fingerprint density at radius 1 is 1.42 bits per heavy atom. The quantitative estimate of drug-likeness (QED) is 0.840. The first-order valence-electron chi connectivity index (χ1n) is 5.81. The molecule has 19 heavy (non-hydrogen) atoms. The molecule has 2 aromatic rings. The lowest BCUT2D eigenvalue weighted by molar-refractivity contribution is 0.218. The number of anilines is 1. The molecule has 0 saturated carbocycles. The highest BCUT2D eigenvalue weighted by atomic mass is 79.9. The first-order valence-corrected chi connectivity index (χ1v) is 7.42. The molecule has 1 aromatic heterocycles. The van der Waals surface area contributed by atoms with E-state index in [-0.39, 0.29) is 6.03 Å². The summed E-state index contributed by atoms with van der Waals surface area (Å²) < 4.78 is 2.16. The fourth-order valence-electron chi connectivity index (χ4n) is 1.47. The molecule has 2 rings (SSSR count). The van der Waals surface area contributed by atoms with E-state index < -0.39 is 0 Å². The number of nitrogens with one attached hydrogen (secondary N) is 2. The lowest BCUT2D eigenvalue weighted by atomic mass is 10.3. The van der Waals surface area contributed by atoms with Gasteiger partial charge in [-0.2, -0.15) is 0 Å². The Balaban J connectivity index is 1.86. The van der Waals surface area contributed by atoms with E-state index in [1.165, 1.54) is 4.90 Å². The van der Waals surface area contributed by atoms with E-state index in [1.54, 1.807) is 25.4 Å². The molecule has 0 spiro atoms. The molecule has 0 saturated heterocycles. The van der Waals surface area contributed by atoms with Gasteiger partial charge in [0.25, 0.3) is 0 Å². The van der Waals surface area contributed by atoms with Crippen molar-refractivity contribution < 1.29 is 4.79 Å². The van der Waals surface area contributed by atoms with Crippen molar-refractivity contribution in [2.24, 2.45) is 0 Å². The summed E-state index contributed by atoms with van der Waals surface area (Å²) in [4.78, 5) is 17.3. The van der Waals surface area contributed by atoms with Crippen LogP contribution in [0.4, 0.5) is 9.93 Å². The number of nitrogens with zero attached hydrogens (tertiary/aromatic N) is 2. The van der Waals surface area contributed by atoms with Crippen LogP contribution in [0.3, 0.4) is 0 Å². The molecule has 0 aliphatic rings. The molecule has 0 bridgehead atoms. The van der Waals surface area contributed by atoms with Gasteiger partial charge in [-0.1, -0.05) is 27.3 Å². The summed E-state index contributed by atoms with van der Waals surface area (Å²) in [5.41, 5.74) is 0.971. The first-order chi connectivity index (χ1) is 9.06. The molecular weight excluding hydrogens is 328 g/mol. The second-order valence-electron chi connectivity index (χ2n) is 4.18. The maximum absolute atomic E-state index is 11.3. The third kappa shape index (κ3) is 3.81. The van der Waals surface area contributed by atoms with Crippen molar-refractivity contribution in [2.75, 3.05) is 32.5 Å². The molecule has 2 amide bonds. The van der Waals surface area contributed by atoms with Crippen LogP contribution in [0, 0.1) is 0 Å². The van der Waals surface area contributed by atoms with Gasteiger partial charge in [-0.15, -0.1) is 0 Å². The average Bonchev–Trinajstić information content (AvgIpc) is 2.75. The minimum absolute atomic E-state index is 0.0879. The van der Waals surface area contributed by atoms with Crippen LogP contribution in [0.1, 0.15) is 0 Å². The van der Waals surface area contributed by atoms with Crippen molar-refractivity contribution in [3.8, 4) is 0 Å². The van der Waals surface area contributed by atoms with Crippen LogP contribution in [0.5, 0.6) is 0 Å². The van der Waals surface area contributed by atoms with Crippen molar-refractivity contribution >= 4 is 48.6 Å². The van der Waals surface area contributed by atoms with Gasteiger partial charge in [-0.25, -0.2) is 9.78 Å². The molecule has 0 fully saturated rings. The highest BCUT2D eigenvalue weighted by molar-refractivity contribution is 9.10. The zero-order chi connectivity index (χ0) is 13.8. The Hall–Kier alpha value is -1.34. The SMILES string of the molecule is CN(C)C(=O)NCCNc1nc2cc(Br)ccc2s1. The Morgan fingerprint density at radius 3 is 2.95 bits per heavy atom. The maximum Gasteiger partial charge on any atom is 0.316 e. The second kappa shape index (κ2) is 6.21. The molecule has 0 aliphatic carbocycles. The lowest BCUT2D eigenvalue weighted by Gasteiger charge is -2.11. The van der Waals surface area contributed by atoms with Gasteiger partial charge in [0, 0.05) is 31.7 Å². The number of carbonyl (C=O) groups is 1. The van der Waals surface area contributed by atoms with Gasteiger partial charge in [0.15, 0.2) is 5.13 Å². The zero-order valence-corrected chi connectivity index (χ0v) is 13.1. The maximum atomic E-state index is 11.3. The van der Waals surface area contributed by atoms with E-state index in [1.807, 2.05) is 18.2 Å². The summed E-state index contributed by atoms with van der Waals surface area (Å²) in [6.45, 7) is 1.22. The number of hydrogen-bond acceptors (Lipinski definition) is 4. The molecule has 5 nitrogen and oxygen atoms in total. The first kappa shape index (κ1) is 14.1. The number of benzene rings is 1. The lowest BCUT2D eigenvalue weighted by Crippen LogP contribution is -2.37. The van der Waals surface area contributed by atoms with Crippen molar-refractivity contribution in [2.45, 2.75) is 0 Å². The fraction of sp³-hybridized carbons (Fsp3) is 0.333. The number of thiazole rings is 1. The van der Waals surface area contributed by atoms with Crippen molar-refractivity contribution in [3.63, 3.8) is 0 Å². The van der Waals surface area contributed by atoms with Crippen LogP contribution in [-0.4, -0.2) is 43.1 Å². The Morgan fingerprint density at radius 2 is 2.21 bits per heavy atom.